The summed E-state index contributed by atoms with van der Waals surface area (Å²) in [6.45, 7) is 20.1. The van der Waals surface area contributed by atoms with Gasteiger partial charge in [-0.1, -0.05) is 20.8 Å². The molecule has 118 valence electrons. The van der Waals surface area contributed by atoms with Crippen molar-refractivity contribution < 1.29 is 0 Å². The predicted molar refractivity (Wildman–Crippen MR) is 91.3 cm³/mol. The molecule has 0 N–H and O–H groups in total. The van der Waals surface area contributed by atoms with E-state index in [2.05, 4.69) is 48.2 Å². The number of likely N-dealkylation sites (N-methyl/N-ethyl adjacent to an activating group) is 3. The van der Waals surface area contributed by atoms with Gasteiger partial charge in [0.15, 0.2) is 0 Å². The van der Waals surface area contributed by atoms with E-state index >= 15 is 0 Å². The molecule has 1 aliphatic heterocycles. The van der Waals surface area contributed by atoms with Crippen LogP contribution in [0.1, 0.15) is 20.8 Å². The first kappa shape index (κ1) is 18.0. The van der Waals surface area contributed by atoms with Crippen molar-refractivity contribution in [3.05, 3.63) is 0 Å². The Balaban J connectivity index is 2.58. The summed E-state index contributed by atoms with van der Waals surface area (Å²) in [4.78, 5) is 10.4. The highest BCUT2D eigenvalue weighted by Gasteiger charge is 2.13. The lowest BCUT2D eigenvalue weighted by atomic mass is 10.1. The van der Waals surface area contributed by atoms with E-state index in [1.54, 1.807) is 0 Å². The third-order valence-electron chi connectivity index (χ3n) is 4.72. The third-order valence-corrected chi connectivity index (χ3v) is 4.72. The topological polar surface area (TPSA) is 13.0 Å². The highest BCUT2D eigenvalue weighted by Crippen LogP contribution is 1.99. The Morgan fingerprint density at radius 1 is 0.550 bits per heavy atom. The van der Waals surface area contributed by atoms with Crippen molar-refractivity contribution in [3.8, 4) is 0 Å². The minimum atomic E-state index is 1.18. The highest BCUT2D eigenvalue weighted by atomic mass is 15.3. The van der Waals surface area contributed by atoms with E-state index in [0.29, 0.717) is 0 Å². The molecule has 0 radical (unpaired) electrons. The molecule has 0 aromatic heterocycles. The Bertz CT molecular complexity index is 176. The summed E-state index contributed by atoms with van der Waals surface area (Å²) in [6, 6.07) is 0. The van der Waals surface area contributed by atoms with Gasteiger partial charge in [0, 0.05) is 52.4 Å². The van der Waals surface area contributed by atoms with Gasteiger partial charge in [-0.3, -0.25) is 0 Å². The smallest absolute Gasteiger partial charge is 0.119 e. The molecule has 20 heavy (non-hydrogen) atoms. The van der Waals surface area contributed by atoms with Gasteiger partial charge in [0.05, 0.1) is 0 Å². The summed E-state index contributed by atoms with van der Waals surface area (Å²) in [6.07, 6.45) is 1.18. The van der Waals surface area contributed by atoms with Crippen LogP contribution in [-0.2, 0) is 0 Å². The van der Waals surface area contributed by atoms with Crippen LogP contribution in [0.25, 0.3) is 0 Å². The lowest BCUT2D eigenvalue weighted by Gasteiger charge is -2.33. The van der Waals surface area contributed by atoms with Crippen LogP contribution in [-0.4, -0.2) is 106 Å². The zero-order chi connectivity index (χ0) is 14.8. The monoisotopic (exact) mass is 282 g/mol. The summed E-state index contributed by atoms with van der Waals surface area (Å²) in [5.41, 5.74) is 0. The van der Waals surface area contributed by atoms with Gasteiger partial charge < -0.3 is 19.6 Å². The van der Waals surface area contributed by atoms with E-state index in [9.17, 15) is 0 Å². The molecular formula is C15H35BN4. The summed E-state index contributed by atoms with van der Waals surface area (Å²) in [5.74, 6) is 0. The fourth-order valence-corrected chi connectivity index (χ4v) is 2.84. The van der Waals surface area contributed by atoms with E-state index in [-0.39, 0.29) is 0 Å². The first-order valence-electron chi connectivity index (χ1n) is 8.62. The normalized spacial score (nSPS) is 23.4. The van der Waals surface area contributed by atoms with Gasteiger partial charge >= 0.3 is 0 Å². The molecule has 0 saturated carbocycles. The Kier molecular flexibility index (Phi) is 9.52. The van der Waals surface area contributed by atoms with Gasteiger partial charge in [0.1, 0.15) is 7.85 Å². The number of hydrogen-bond acceptors (Lipinski definition) is 4. The number of rotatable bonds is 4. The molecule has 0 unspecified atom stereocenters. The molecular weight excluding hydrogens is 247 g/mol. The van der Waals surface area contributed by atoms with Crippen molar-refractivity contribution in [2.24, 2.45) is 0 Å². The fourth-order valence-electron chi connectivity index (χ4n) is 2.84. The van der Waals surface area contributed by atoms with Gasteiger partial charge in [-0.15, -0.1) is 0 Å². The predicted octanol–water partition coefficient (Wildman–Crippen LogP) is -0.142. The third kappa shape index (κ3) is 6.57. The summed E-state index contributed by atoms with van der Waals surface area (Å²) in [5, 5.41) is 0. The SMILES string of the molecule is BCN1CCN(CC)CCN(CC)CCN(CC)CC1. The van der Waals surface area contributed by atoms with Gasteiger partial charge in [0.2, 0.25) is 0 Å². The number of nitrogens with zero attached hydrogens (tertiary/aromatic N) is 4. The Labute approximate surface area is 127 Å². The Morgan fingerprint density at radius 2 is 0.800 bits per heavy atom. The van der Waals surface area contributed by atoms with Crippen molar-refractivity contribution in [2.45, 2.75) is 20.8 Å². The van der Waals surface area contributed by atoms with E-state index in [1.165, 1.54) is 78.4 Å². The van der Waals surface area contributed by atoms with Gasteiger partial charge in [0.25, 0.3) is 0 Å². The molecule has 1 fully saturated rings. The lowest BCUT2D eigenvalue weighted by Crippen LogP contribution is -2.46. The van der Waals surface area contributed by atoms with Gasteiger partial charge in [-0.05, 0) is 26.1 Å². The average molecular weight is 282 g/mol. The average Bonchev–Trinajstić information content (AvgIpc) is 2.48. The molecule has 0 aromatic rings. The van der Waals surface area contributed by atoms with E-state index in [1.807, 2.05) is 0 Å². The van der Waals surface area contributed by atoms with Crippen LogP contribution in [0.3, 0.4) is 0 Å². The second-order valence-electron chi connectivity index (χ2n) is 5.74. The van der Waals surface area contributed by atoms with Crippen LogP contribution < -0.4 is 0 Å². The largest absolute Gasteiger partial charge is 0.309 e. The quantitative estimate of drug-likeness (QED) is 0.665. The van der Waals surface area contributed by atoms with E-state index in [0.717, 1.165) is 0 Å². The van der Waals surface area contributed by atoms with Crippen molar-refractivity contribution in [3.63, 3.8) is 0 Å². The summed E-state index contributed by atoms with van der Waals surface area (Å²) < 4.78 is 0. The van der Waals surface area contributed by atoms with Crippen LogP contribution in [0.5, 0.6) is 0 Å². The molecule has 0 aliphatic carbocycles. The Hall–Kier alpha value is -0.0951. The molecule has 0 spiro atoms. The van der Waals surface area contributed by atoms with Gasteiger partial charge in [-0.2, -0.15) is 0 Å². The molecule has 0 amide bonds. The first-order valence-corrected chi connectivity index (χ1v) is 8.62. The molecule has 1 rings (SSSR count). The maximum Gasteiger partial charge on any atom is 0.119 e. The minimum Gasteiger partial charge on any atom is -0.309 e. The molecule has 1 aliphatic rings. The zero-order valence-electron chi connectivity index (χ0n) is 14.3. The maximum atomic E-state index is 2.60. The summed E-state index contributed by atoms with van der Waals surface area (Å²) in [7, 11) is 2.29. The molecule has 5 heteroatoms. The molecule has 0 atom stereocenters. The van der Waals surface area contributed by atoms with E-state index in [4.69, 9.17) is 0 Å². The summed E-state index contributed by atoms with van der Waals surface area (Å²) >= 11 is 0. The van der Waals surface area contributed by atoms with E-state index < -0.39 is 0 Å². The highest BCUT2D eigenvalue weighted by molar-refractivity contribution is 6.08. The van der Waals surface area contributed by atoms with Crippen LogP contribution >= 0.6 is 0 Å². The van der Waals surface area contributed by atoms with Crippen LogP contribution in [0.15, 0.2) is 0 Å². The Morgan fingerprint density at radius 3 is 1.00 bits per heavy atom. The number of hydrogen-bond donors (Lipinski definition) is 0. The van der Waals surface area contributed by atoms with Crippen LogP contribution in [0.4, 0.5) is 0 Å². The van der Waals surface area contributed by atoms with Crippen molar-refractivity contribution in [1.29, 1.82) is 0 Å². The minimum absolute atomic E-state index is 1.18. The zero-order valence-corrected chi connectivity index (χ0v) is 14.3. The molecule has 0 bridgehead atoms. The van der Waals surface area contributed by atoms with Gasteiger partial charge in [-0.25, -0.2) is 0 Å². The van der Waals surface area contributed by atoms with Crippen molar-refractivity contribution in [1.82, 2.24) is 19.6 Å². The molecule has 1 heterocycles. The first-order chi connectivity index (χ1) is 9.73. The second kappa shape index (κ2) is 10.6. The second-order valence-corrected chi connectivity index (χ2v) is 5.74. The van der Waals surface area contributed by atoms with Crippen molar-refractivity contribution in [2.75, 3.05) is 78.4 Å². The van der Waals surface area contributed by atoms with Crippen LogP contribution in [0, 0.1) is 0 Å². The molecule has 4 nitrogen and oxygen atoms in total. The lowest BCUT2D eigenvalue weighted by molar-refractivity contribution is 0.148. The maximum absolute atomic E-state index is 2.60. The standard InChI is InChI=1S/C15H35BN4/c1-4-17-7-9-18(5-2)11-13-20(15-16)14-12-19(6-3)10-8-17/h4-16H2,1-3H3. The van der Waals surface area contributed by atoms with Crippen molar-refractivity contribution >= 4 is 7.85 Å². The molecule has 1 saturated heterocycles. The molecule has 0 aromatic carbocycles. The fraction of sp³-hybridized carbons (Fsp3) is 1.00. The van der Waals surface area contributed by atoms with Crippen LogP contribution in [0.2, 0.25) is 0 Å².